The van der Waals surface area contributed by atoms with Crippen molar-refractivity contribution in [2.75, 3.05) is 0 Å². The molecule has 0 aliphatic heterocycles. The Bertz CT molecular complexity index is 849. The van der Waals surface area contributed by atoms with Gasteiger partial charge in [-0.3, -0.25) is 10.1 Å². The summed E-state index contributed by atoms with van der Waals surface area (Å²) in [4.78, 5) is 10.2. The molecule has 0 spiro atoms. The van der Waals surface area contributed by atoms with Crippen LogP contribution < -0.4 is 0 Å². The Morgan fingerprint density at radius 2 is 1.95 bits per heavy atom. The normalized spacial score (nSPS) is 12.0. The zero-order valence-electron chi connectivity index (χ0n) is 11.0. The second-order valence-electron chi connectivity index (χ2n) is 4.71. The molecule has 1 aromatic carbocycles. The maximum atomic E-state index is 12.5. The van der Waals surface area contributed by atoms with Crippen LogP contribution in [-0.2, 0) is 12.7 Å². The van der Waals surface area contributed by atoms with E-state index in [0.717, 1.165) is 6.07 Å². The minimum Gasteiger partial charge on any atom is -0.455 e. The standard InChI is InChI=1S/C14H9F3N2O3/c15-14(16,17)13-4-2-11(22-13)8-18-6-5-9-7-10(19(20)21)1-3-12(9)18/h1-7H,8H2. The zero-order chi connectivity index (χ0) is 15.9. The molecule has 0 atom stereocenters. The van der Waals surface area contributed by atoms with Crippen LogP contribution in [0, 0.1) is 10.1 Å². The van der Waals surface area contributed by atoms with Crippen molar-refractivity contribution in [3.05, 3.63) is 64.2 Å². The van der Waals surface area contributed by atoms with E-state index in [1.807, 2.05) is 0 Å². The Morgan fingerprint density at radius 1 is 1.18 bits per heavy atom. The number of rotatable bonds is 3. The smallest absolute Gasteiger partial charge is 0.449 e. The highest BCUT2D eigenvalue weighted by Crippen LogP contribution is 2.31. The molecular weight excluding hydrogens is 301 g/mol. The predicted octanol–water partition coefficient (Wildman–Crippen LogP) is 4.21. The Kier molecular flexibility index (Phi) is 3.16. The largest absolute Gasteiger partial charge is 0.455 e. The average Bonchev–Trinajstić information content (AvgIpc) is 3.05. The molecule has 0 aliphatic carbocycles. The predicted molar refractivity (Wildman–Crippen MR) is 71.4 cm³/mol. The number of alkyl halides is 3. The Morgan fingerprint density at radius 3 is 2.59 bits per heavy atom. The van der Waals surface area contributed by atoms with Crippen molar-refractivity contribution < 1.29 is 22.5 Å². The van der Waals surface area contributed by atoms with Gasteiger partial charge in [-0.25, -0.2) is 0 Å². The first-order valence-electron chi connectivity index (χ1n) is 6.24. The molecule has 0 fully saturated rings. The number of halogens is 3. The second kappa shape index (κ2) is 4.90. The number of fused-ring (bicyclic) bond motifs is 1. The lowest BCUT2D eigenvalue weighted by atomic mass is 10.2. The number of nitrogens with zero attached hydrogens (tertiary/aromatic N) is 2. The highest BCUT2D eigenvalue weighted by Gasteiger charge is 2.34. The van der Waals surface area contributed by atoms with E-state index in [-0.39, 0.29) is 18.0 Å². The van der Waals surface area contributed by atoms with E-state index in [1.54, 1.807) is 22.9 Å². The van der Waals surface area contributed by atoms with Crippen LogP contribution in [0.25, 0.3) is 10.9 Å². The van der Waals surface area contributed by atoms with Crippen LogP contribution in [0.1, 0.15) is 11.5 Å². The third kappa shape index (κ3) is 2.54. The van der Waals surface area contributed by atoms with Gasteiger partial charge in [-0.2, -0.15) is 13.2 Å². The minimum absolute atomic E-state index is 0.0393. The van der Waals surface area contributed by atoms with Crippen LogP contribution in [0.5, 0.6) is 0 Å². The fourth-order valence-electron chi connectivity index (χ4n) is 2.22. The van der Waals surface area contributed by atoms with E-state index in [0.29, 0.717) is 10.9 Å². The van der Waals surface area contributed by atoms with Gasteiger partial charge in [0.15, 0.2) is 0 Å². The number of nitro groups is 1. The number of benzene rings is 1. The van der Waals surface area contributed by atoms with Crippen molar-refractivity contribution in [1.82, 2.24) is 4.57 Å². The number of non-ortho nitro benzene ring substituents is 1. The van der Waals surface area contributed by atoms with Gasteiger partial charge in [0.1, 0.15) is 5.76 Å². The van der Waals surface area contributed by atoms with Crippen LogP contribution in [0.4, 0.5) is 18.9 Å². The van der Waals surface area contributed by atoms with Gasteiger partial charge in [0, 0.05) is 29.2 Å². The van der Waals surface area contributed by atoms with Crippen LogP contribution in [0.2, 0.25) is 0 Å². The third-order valence-electron chi connectivity index (χ3n) is 3.23. The number of hydrogen-bond donors (Lipinski definition) is 0. The summed E-state index contributed by atoms with van der Waals surface area (Å²) in [5.74, 6) is -0.891. The number of hydrogen-bond acceptors (Lipinski definition) is 3. The van der Waals surface area contributed by atoms with Crippen molar-refractivity contribution in [2.45, 2.75) is 12.7 Å². The topological polar surface area (TPSA) is 61.2 Å². The van der Waals surface area contributed by atoms with E-state index in [2.05, 4.69) is 0 Å². The fourth-order valence-corrected chi connectivity index (χ4v) is 2.22. The minimum atomic E-state index is -4.52. The van der Waals surface area contributed by atoms with Gasteiger partial charge in [-0.05, 0) is 24.3 Å². The molecule has 0 saturated carbocycles. The summed E-state index contributed by atoms with van der Waals surface area (Å²) in [6.45, 7) is 0.109. The van der Waals surface area contributed by atoms with Crippen LogP contribution >= 0.6 is 0 Å². The molecular formula is C14H9F3N2O3. The van der Waals surface area contributed by atoms with Crippen molar-refractivity contribution in [3.63, 3.8) is 0 Å². The molecule has 0 bridgehead atoms. The molecule has 2 aromatic heterocycles. The summed E-state index contributed by atoms with van der Waals surface area (Å²) in [5.41, 5.74) is 0.637. The molecule has 0 aliphatic rings. The first-order valence-corrected chi connectivity index (χ1v) is 6.24. The van der Waals surface area contributed by atoms with Crippen molar-refractivity contribution >= 4 is 16.6 Å². The molecule has 0 unspecified atom stereocenters. The molecule has 2 heterocycles. The highest BCUT2D eigenvalue weighted by atomic mass is 19.4. The zero-order valence-corrected chi connectivity index (χ0v) is 11.0. The Labute approximate surface area is 121 Å². The average molecular weight is 310 g/mol. The summed E-state index contributed by atoms with van der Waals surface area (Å²) in [5, 5.41) is 11.4. The Balaban J connectivity index is 1.91. The van der Waals surface area contributed by atoms with E-state index in [9.17, 15) is 23.3 Å². The summed E-state index contributed by atoms with van der Waals surface area (Å²) in [6.07, 6.45) is -2.87. The lowest BCUT2D eigenvalue weighted by Gasteiger charge is -2.04. The van der Waals surface area contributed by atoms with E-state index in [1.165, 1.54) is 18.2 Å². The number of nitro benzene ring substituents is 1. The lowest BCUT2D eigenvalue weighted by molar-refractivity contribution is -0.384. The van der Waals surface area contributed by atoms with Crippen LogP contribution in [0.3, 0.4) is 0 Å². The molecule has 0 radical (unpaired) electrons. The van der Waals surface area contributed by atoms with Crippen molar-refractivity contribution in [2.24, 2.45) is 0 Å². The van der Waals surface area contributed by atoms with Crippen molar-refractivity contribution in [1.29, 1.82) is 0 Å². The molecule has 22 heavy (non-hydrogen) atoms. The highest BCUT2D eigenvalue weighted by molar-refractivity contribution is 5.82. The van der Waals surface area contributed by atoms with Gasteiger partial charge in [-0.15, -0.1) is 0 Å². The van der Waals surface area contributed by atoms with Crippen molar-refractivity contribution in [3.8, 4) is 0 Å². The molecule has 0 N–H and O–H groups in total. The summed E-state index contributed by atoms with van der Waals surface area (Å²) in [6, 6.07) is 8.13. The molecule has 3 aromatic rings. The molecule has 3 rings (SSSR count). The van der Waals surface area contributed by atoms with E-state index in [4.69, 9.17) is 4.42 Å². The van der Waals surface area contributed by atoms with Gasteiger partial charge in [0.2, 0.25) is 5.76 Å². The molecule has 5 nitrogen and oxygen atoms in total. The molecule has 8 heteroatoms. The maximum Gasteiger partial charge on any atom is 0.449 e. The second-order valence-corrected chi connectivity index (χ2v) is 4.71. The molecule has 0 saturated heterocycles. The molecule has 114 valence electrons. The first kappa shape index (κ1) is 14.2. The van der Waals surface area contributed by atoms with Gasteiger partial charge >= 0.3 is 6.18 Å². The van der Waals surface area contributed by atoms with E-state index >= 15 is 0 Å². The fraction of sp³-hybridized carbons (Fsp3) is 0.143. The summed E-state index contributed by atoms with van der Waals surface area (Å²) in [7, 11) is 0. The third-order valence-corrected chi connectivity index (χ3v) is 3.23. The number of aromatic nitrogens is 1. The quantitative estimate of drug-likeness (QED) is 0.538. The maximum absolute atomic E-state index is 12.5. The SMILES string of the molecule is O=[N+]([O-])c1ccc2c(ccn2Cc2ccc(C(F)(F)F)o2)c1. The lowest BCUT2D eigenvalue weighted by Crippen LogP contribution is -2.02. The number of furan rings is 1. The monoisotopic (exact) mass is 310 g/mol. The van der Waals surface area contributed by atoms with Gasteiger partial charge < -0.3 is 8.98 Å². The van der Waals surface area contributed by atoms with Crippen LogP contribution in [0.15, 0.2) is 47.0 Å². The van der Waals surface area contributed by atoms with Gasteiger partial charge in [0.25, 0.3) is 5.69 Å². The van der Waals surface area contributed by atoms with Gasteiger partial charge in [0.05, 0.1) is 11.5 Å². The Hall–Kier alpha value is -2.77. The molecule has 0 amide bonds. The first-order chi connectivity index (χ1) is 10.3. The van der Waals surface area contributed by atoms with Crippen LogP contribution in [-0.4, -0.2) is 9.49 Å². The van der Waals surface area contributed by atoms with Gasteiger partial charge in [-0.1, -0.05) is 0 Å². The summed E-state index contributed by atoms with van der Waals surface area (Å²) >= 11 is 0. The summed E-state index contributed by atoms with van der Waals surface area (Å²) < 4.78 is 43.9. The van der Waals surface area contributed by atoms with E-state index < -0.39 is 16.9 Å².